The van der Waals surface area contributed by atoms with E-state index in [1.165, 1.54) is 11.1 Å². The second-order valence-electron chi connectivity index (χ2n) is 4.29. The van der Waals surface area contributed by atoms with Gasteiger partial charge in [-0.25, -0.2) is 0 Å². The summed E-state index contributed by atoms with van der Waals surface area (Å²) in [6.45, 7) is 6.00. The van der Waals surface area contributed by atoms with E-state index in [0.29, 0.717) is 0 Å². The van der Waals surface area contributed by atoms with Gasteiger partial charge < -0.3 is 5.32 Å². The Morgan fingerprint density at radius 2 is 2.11 bits per heavy atom. The van der Waals surface area contributed by atoms with Gasteiger partial charge in [0.25, 0.3) is 0 Å². The summed E-state index contributed by atoms with van der Waals surface area (Å²) in [7, 11) is 0. The number of nitrogens with one attached hydrogen (secondary N) is 1. The molecule has 0 aliphatic carbocycles. The van der Waals surface area contributed by atoms with Gasteiger partial charge in [-0.3, -0.25) is 4.68 Å². The minimum Gasteiger partial charge on any atom is -0.306 e. The molecule has 0 radical (unpaired) electrons. The van der Waals surface area contributed by atoms with Crippen LogP contribution in [0.2, 0.25) is 0 Å². The number of aryl methyl sites for hydroxylation is 1. The maximum atomic E-state index is 4.37. The van der Waals surface area contributed by atoms with Gasteiger partial charge in [0.05, 0.1) is 12.2 Å². The van der Waals surface area contributed by atoms with Crippen LogP contribution in [0.3, 0.4) is 0 Å². The van der Waals surface area contributed by atoms with Crippen molar-refractivity contribution >= 4 is 31.9 Å². The topological polar surface area (TPSA) is 29.9 Å². The molecule has 0 spiro atoms. The molecular formula is C14H17Br2N3. The van der Waals surface area contributed by atoms with Crippen molar-refractivity contribution in [2.45, 2.75) is 26.4 Å². The number of benzene rings is 1. The molecule has 0 aliphatic heterocycles. The molecule has 1 heterocycles. The van der Waals surface area contributed by atoms with Crippen LogP contribution in [0.1, 0.15) is 31.0 Å². The molecule has 3 nitrogen and oxygen atoms in total. The summed E-state index contributed by atoms with van der Waals surface area (Å²) >= 11 is 7.17. The van der Waals surface area contributed by atoms with Crippen LogP contribution in [0.25, 0.3) is 0 Å². The predicted molar refractivity (Wildman–Crippen MR) is 85.3 cm³/mol. The van der Waals surface area contributed by atoms with Crippen molar-refractivity contribution in [3.05, 3.63) is 50.7 Å². The largest absolute Gasteiger partial charge is 0.306 e. The molecule has 0 bridgehead atoms. The fourth-order valence-electron chi connectivity index (χ4n) is 2.05. The average Bonchev–Trinajstić information content (AvgIpc) is 2.88. The Bertz CT molecular complexity index is 551. The molecule has 1 aromatic carbocycles. The van der Waals surface area contributed by atoms with Crippen molar-refractivity contribution in [1.82, 2.24) is 15.1 Å². The second kappa shape index (κ2) is 6.68. The lowest BCUT2D eigenvalue weighted by Crippen LogP contribution is -2.22. The van der Waals surface area contributed by atoms with Gasteiger partial charge in [-0.1, -0.05) is 38.8 Å². The monoisotopic (exact) mass is 385 g/mol. The third-order valence-electron chi connectivity index (χ3n) is 2.99. The predicted octanol–water partition coefficient (Wildman–Crippen LogP) is 4.13. The fourth-order valence-corrected chi connectivity index (χ4v) is 2.90. The van der Waals surface area contributed by atoms with Gasteiger partial charge in [0.15, 0.2) is 0 Å². The summed E-state index contributed by atoms with van der Waals surface area (Å²) < 4.78 is 4.13. The van der Waals surface area contributed by atoms with E-state index < -0.39 is 0 Å². The second-order valence-corrected chi connectivity index (χ2v) is 6.06. The number of nitrogens with zero attached hydrogens (tertiary/aromatic N) is 2. The van der Waals surface area contributed by atoms with Crippen molar-refractivity contribution in [3.8, 4) is 0 Å². The van der Waals surface area contributed by atoms with Crippen LogP contribution in [0.4, 0.5) is 0 Å². The van der Waals surface area contributed by atoms with Gasteiger partial charge in [0, 0.05) is 27.3 Å². The zero-order chi connectivity index (χ0) is 13.8. The standard InChI is InChI=1S/C14H17Br2N3/c1-3-17-14(10-8-18-19(4-2)9-10)12-7-11(15)5-6-13(12)16/h5-9,14,17H,3-4H2,1-2H3. The summed E-state index contributed by atoms with van der Waals surface area (Å²) in [4.78, 5) is 0. The first kappa shape index (κ1) is 14.8. The highest BCUT2D eigenvalue weighted by molar-refractivity contribution is 9.11. The van der Waals surface area contributed by atoms with Crippen LogP contribution < -0.4 is 5.32 Å². The zero-order valence-electron chi connectivity index (χ0n) is 11.0. The van der Waals surface area contributed by atoms with Gasteiger partial charge in [-0.2, -0.15) is 5.10 Å². The Balaban J connectivity index is 2.41. The molecule has 0 saturated carbocycles. The van der Waals surface area contributed by atoms with Gasteiger partial charge in [0.2, 0.25) is 0 Å². The minimum absolute atomic E-state index is 0.150. The quantitative estimate of drug-likeness (QED) is 0.837. The van der Waals surface area contributed by atoms with Crippen LogP contribution in [-0.2, 0) is 6.54 Å². The summed E-state index contributed by atoms with van der Waals surface area (Å²) in [6, 6.07) is 6.39. The van der Waals surface area contributed by atoms with Crippen LogP contribution in [0, 0.1) is 0 Å². The lowest BCUT2D eigenvalue weighted by molar-refractivity contribution is 0.623. The molecule has 102 valence electrons. The molecule has 2 aromatic rings. The zero-order valence-corrected chi connectivity index (χ0v) is 14.2. The summed E-state index contributed by atoms with van der Waals surface area (Å²) in [5.74, 6) is 0. The molecule has 0 fully saturated rings. The van der Waals surface area contributed by atoms with Crippen molar-refractivity contribution in [2.75, 3.05) is 6.54 Å². The smallest absolute Gasteiger partial charge is 0.0619 e. The van der Waals surface area contributed by atoms with E-state index in [-0.39, 0.29) is 6.04 Å². The van der Waals surface area contributed by atoms with Crippen LogP contribution in [0.15, 0.2) is 39.5 Å². The Morgan fingerprint density at radius 1 is 1.32 bits per heavy atom. The van der Waals surface area contributed by atoms with E-state index in [2.05, 4.69) is 74.5 Å². The molecular weight excluding hydrogens is 370 g/mol. The molecule has 1 N–H and O–H groups in total. The van der Waals surface area contributed by atoms with Crippen molar-refractivity contribution < 1.29 is 0 Å². The van der Waals surface area contributed by atoms with E-state index in [4.69, 9.17) is 0 Å². The Labute approximate surface area is 130 Å². The molecule has 5 heteroatoms. The third-order valence-corrected chi connectivity index (χ3v) is 4.20. The third kappa shape index (κ3) is 3.46. The van der Waals surface area contributed by atoms with Gasteiger partial charge >= 0.3 is 0 Å². The molecule has 19 heavy (non-hydrogen) atoms. The SMILES string of the molecule is CCNC(c1cnn(CC)c1)c1cc(Br)ccc1Br. The molecule has 2 rings (SSSR count). The van der Waals surface area contributed by atoms with Crippen LogP contribution >= 0.6 is 31.9 Å². The number of hydrogen-bond donors (Lipinski definition) is 1. The first-order valence-electron chi connectivity index (χ1n) is 6.36. The lowest BCUT2D eigenvalue weighted by Gasteiger charge is -2.18. The van der Waals surface area contributed by atoms with E-state index >= 15 is 0 Å². The highest BCUT2D eigenvalue weighted by Gasteiger charge is 2.17. The molecule has 0 amide bonds. The summed E-state index contributed by atoms with van der Waals surface area (Å²) in [5, 5.41) is 7.88. The Hall–Kier alpha value is -0.650. The van der Waals surface area contributed by atoms with Crippen molar-refractivity contribution in [2.24, 2.45) is 0 Å². The van der Waals surface area contributed by atoms with Crippen molar-refractivity contribution in [3.63, 3.8) is 0 Å². The van der Waals surface area contributed by atoms with E-state index in [0.717, 1.165) is 22.0 Å². The Kier molecular flexibility index (Phi) is 5.19. The highest BCUT2D eigenvalue weighted by Crippen LogP contribution is 2.30. The number of hydrogen-bond acceptors (Lipinski definition) is 2. The van der Waals surface area contributed by atoms with Crippen molar-refractivity contribution in [1.29, 1.82) is 0 Å². The van der Waals surface area contributed by atoms with Gasteiger partial charge in [-0.15, -0.1) is 0 Å². The highest BCUT2D eigenvalue weighted by atomic mass is 79.9. The first-order chi connectivity index (χ1) is 9.15. The molecule has 0 saturated heterocycles. The van der Waals surface area contributed by atoms with E-state index in [1.807, 2.05) is 16.9 Å². The molecule has 0 aliphatic rings. The number of aromatic nitrogens is 2. The van der Waals surface area contributed by atoms with Crippen LogP contribution in [-0.4, -0.2) is 16.3 Å². The van der Waals surface area contributed by atoms with Gasteiger partial charge in [0.1, 0.15) is 0 Å². The van der Waals surface area contributed by atoms with E-state index in [1.54, 1.807) is 0 Å². The maximum Gasteiger partial charge on any atom is 0.0619 e. The Morgan fingerprint density at radius 3 is 2.74 bits per heavy atom. The number of rotatable bonds is 5. The van der Waals surface area contributed by atoms with Gasteiger partial charge in [-0.05, 0) is 37.2 Å². The molecule has 1 unspecified atom stereocenters. The molecule has 1 aromatic heterocycles. The average molecular weight is 387 g/mol. The lowest BCUT2D eigenvalue weighted by atomic mass is 10.0. The summed E-state index contributed by atoms with van der Waals surface area (Å²) in [6.07, 6.45) is 4.03. The minimum atomic E-state index is 0.150. The van der Waals surface area contributed by atoms with Crippen LogP contribution in [0.5, 0.6) is 0 Å². The summed E-state index contributed by atoms with van der Waals surface area (Å²) in [5.41, 5.74) is 2.40. The fraction of sp³-hybridized carbons (Fsp3) is 0.357. The normalized spacial score (nSPS) is 12.6. The van der Waals surface area contributed by atoms with E-state index in [9.17, 15) is 0 Å². The molecule has 1 atom stereocenters. The number of halogens is 2. The maximum absolute atomic E-state index is 4.37. The first-order valence-corrected chi connectivity index (χ1v) is 7.95.